The van der Waals surface area contributed by atoms with Gasteiger partial charge in [-0.2, -0.15) is 15.0 Å². The van der Waals surface area contributed by atoms with E-state index >= 15 is 0 Å². The molecule has 0 saturated carbocycles. The van der Waals surface area contributed by atoms with Crippen molar-refractivity contribution in [2.45, 2.75) is 26.8 Å². The van der Waals surface area contributed by atoms with E-state index in [1.165, 1.54) is 12.0 Å². The van der Waals surface area contributed by atoms with Crippen LogP contribution in [0.5, 0.6) is 6.01 Å². The fourth-order valence-corrected chi connectivity index (χ4v) is 2.10. The number of esters is 1. The molecule has 0 radical (unpaired) electrons. The maximum Gasteiger partial charge on any atom is 0.326 e. The molecule has 11 nitrogen and oxygen atoms in total. The summed E-state index contributed by atoms with van der Waals surface area (Å²) in [5, 5.41) is 11.2. The molecule has 2 rings (SSSR count). The maximum atomic E-state index is 12.1. The quantitative estimate of drug-likeness (QED) is 0.643. The highest BCUT2D eigenvalue weighted by atomic mass is 16.5. The number of ether oxygens (including phenoxy) is 2. The minimum absolute atomic E-state index is 0.0530. The van der Waals surface area contributed by atoms with Crippen LogP contribution in [0.4, 0.5) is 11.9 Å². The van der Waals surface area contributed by atoms with E-state index in [0.717, 1.165) is 4.90 Å². The Morgan fingerprint density at radius 3 is 2.68 bits per heavy atom. The topological polar surface area (TPSA) is 134 Å². The van der Waals surface area contributed by atoms with E-state index in [2.05, 4.69) is 20.3 Å². The van der Waals surface area contributed by atoms with Crippen molar-refractivity contribution in [2.75, 3.05) is 37.0 Å². The molecule has 0 spiro atoms. The number of nitrogens with zero attached hydrogens (tertiary/aromatic N) is 5. The highest BCUT2D eigenvalue weighted by Gasteiger charge is 2.37. The van der Waals surface area contributed by atoms with Gasteiger partial charge in [-0.25, -0.2) is 0 Å². The number of amides is 1. The summed E-state index contributed by atoms with van der Waals surface area (Å²) in [6.45, 7) is 5.21. The molecule has 1 saturated heterocycles. The van der Waals surface area contributed by atoms with Crippen molar-refractivity contribution in [1.82, 2.24) is 19.9 Å². The van der Waals surface area contributed by atoms with Gasteiger partial charge in [0.15, 0.2) is 0 Å². The summed E-state index contributed by atoms with van der Waals surface area (Å²) < 4.78 is 9.87. The standard InChI is InChI=1S/C14H21N7O4/c1-5-25-10(23)7-20-9(22)6-21(11(20)15)13-17-12(16-8(2)3)18-14(19-13)24-4/h8,15H,5-7H2,1-4H3,(H,16,17,18,19). The van der Waals surface area contributed by atoms with Crippen molar-refractivity contribution in [1.29, 1.82) is 5.41 Å². The van der Waals surface area contributed by atoms with Crippen LogP contribution in [0, 0.1) is 5.41 Å². The molecule has 1 aliphatic heterocycles. The van der Waals surface area contributed by atoms with Crippen molar-refractivity contribution in [3.05, 3.63) is 0 Å². The average molecular weight is 351 g/mol. The number of rotatable bonds is 7. The fourth-order valence-electron chi connectivity index (χ4n) is 2.10. The van der Waals surface area contributed by atoms with Gasteiger partial charge in [-0.1, -0.05) is 0 Å². The molecule has 1 amide bonds. The molecule has 1 aromatic rings. The second kappa shape index (κ2) is 7.73. The van der Waals surface area contributed by atoms with E-state index in [4.69, 9.17) is 14.9 Å². The molecule has 25 heavy (non-hydrogen) atoms. The van der Waals surface area contributed by atoms with Gasteiger partial charge in [-0.05, 0) is 20.8 Å². The lowest BCUT2D eigenvalue weighted by molar-refractivity contribution is -0.146. The zero-order valence-electron chi connectivity index (χ0n) is 14.6. The van der Waals surface area contributed by atoms with Crippen molar-refractivity contribution >= 4 is 29.7 Å². The Hall–Kier alpha value is -2.98. The lowest BCUT2D eigenvalue weighted by atomic mass is 10.4. The Morgan fingerprint density at radius 1 is 1.36 bits per heavy atom. The summed E-state index contributed by atoms with van der Waals surface area (Å²) in [4.78, 5) is 38.4. The van der Waals surface area contributed by atoms with Crippen LogP contribution in [0.3, 0.4) is 0 Å². The third-order valence-corrected chi connectivity index (χ3v) is 3.14. The van der Waals surface area contributed by atoms with Crippen LogP contribution in [-0.2, 0) is 14.3 Å². The molecule has 0 aromatic carbocycles. The summed E-state index contributed by atoms with van der Waals surface area (Å²) >= 11 is 0. The van der Waals surface area contributed by atoms with Crippen molar-refractivity contribution in [2.24, 2.45) is 0 Å². The summed E-state index contributed by atoms with van der Waals surface area (Å²) in [5.74, 6) is -0.865. The molecule has 0 atom stereocenters. The predicted molar refractivity (Wildman–Crippen MR) is 88.6 cm³/mol. The van der Waals surface area contributed by atoms with Crippen LogP contribution in [0.2, 0.25) is 0 Å². The number of hydrogen-bond donors (Lipinski definition) is 2. The zero-order chi connectivity index (χ0) is 18.6. The number of guanidine groups is 1. The van der Waals surface area contributed by atoms with Gasteiger partial charge in [0.05, 0.1) is 13.7 Å². The Morgan fingerprint density at radius 2 is 2.08 bits per heavy atom. The van der Waals surface area contributed by atoms with Gasteiger partial charge in [-0.3, -0.25) is 24.8 Å². The minimum atomic E-state index is -0.585. The third-order valence-electron chi connectivity index (χ3n) is 3.14. The van der Waals surface area contributed by atoms with Gasteiger partial charge in [0.25, 0.3) is 0 Å². The van der Waals surface area contributed by atoms with Gasteiger partial charge >= 0.3 is 12.0 Å². The fraction of sp³-hybridized carbons (Fsp3) is 0.571. The van der Waals surface area contributed by atoms with Crippen LogP contribution in [0.15, 0.2) is 0 Å². The van der Waals surface area contributed by atoms with E-state index in [0.29, 0.717) is 0 Å². The second-order valence-electron chi connectivity index (χ2n) is 5.44. The van der Waals surface area contributed by atoms with E-state index in [1.807, 2.05) is 13.8 Å². The van der Waals surface area contributed by atoms with Gasteiger partial charge in [0.2, 0.25) is 23.8 Å². The number of aromatic nitrogens is 3. The summed E-state index contributed by atoms with van der Waals surface area (Å²) in [5.41, 5.74) is 0. The largest absolute Gasteiger partial charge is 0.467 e. The zero-order valence-corrected chi connectivity index (χ0v) is 14.6. The summed E-state index contributed by atoms with van der Waals surface area (Å²) in [6.07, 6.45) is 0. The smallest absolute Gasteiger partial charge is 0.326 e. The van der Waals surface area contributed by atoms with Crippen LogP contribution in [0.25, 0.3) is 0 Å². The Labute approximate surface area is 144 Å². The first-order chi connectivity index (χ1) is 11.8. The van der Waals surface area contributed by atoms with Gasteiger partial charge < -0.3 is 14.8 Å². The lowest BCUT2D eigenvalue weighted by Crippen LogP contribution is -2.38. The van der Waals surface area contributed by atoms with E-state index < -0.39 is 11.9 Å². The number of hydrogen-bond acceptors (Lipinski definition) is 9. The molecule has 0 aliphatic carbocycles. The molecular weight excluding hydrogens is 330 g/mol. The molecule has 1 aliphatic rings. The van der Waals surface area contributed by atoms with E-state index in [9.17, 15) is 9.59 Å². The van der Waals surface area contributed by atoms with Crippen LogP contribution in [0.1, 0.15) is 20.8 Å². The van der Waals surface area contributed by atoms with Crippen LogP contribution >= 0.6 is 0 Å². The minimum Gasteiger partial charge on any atom is -0.467 e. The van der Waals surface area contributed by atoms with Crippen molar-refractivity contribution < 1.29 is 19.1 Å². The van der Waals surface area contributed by atoms with Gasteiger partial charge in [0, 0.05) is 6.04 Å². The second-order valence-corrected chi connectivity index (χ2v) is 5.44. The number of methoxy groups -OCH3 is 1. The Bertz CT molecular complexity index is 679. The number of anilines is 2. The van der Waals surface area contributed by atoms with Crippen molar-refractivity contribution in [3.63, 3.8) is 0 Å². The number of carbonyl (C=O) groups is 2. The molecular formula is C14H21N7O4. The lowest BCUT2D eigenvalue weighted by Gasteiger charge is -2.19. The molecule has 1 aromatic heterocycles. The van der Waals surface area contributed by atoms with Gasteiger partial charge in [0.1, 0.15) is 13.1 Å². The Balaban J connectivity index is 2.25. The van der Waals surface area contributed by atoms with Crippen LogP contribution < -0.4 is 15.0 Å². The van der Waals surface area contributed by atoms with E-state index in [-0.39, 0.29) is 49.6 Å². The average Bonchev–Trinajstić information content (AvgIpc) is 2.82. The Kier molecular flexibility index (Phi) is 5.67. The number of nitrogens with one attached hydrogen (secondary N) is 2. The molecule has 2 N–H and O–H groups in total. The molecule has 0 bridgehead atoms. The van der Waals surface area contributed by atoms with E-state index in [1.54, 1.807) is 6.92 Å². The molecule has 11 heteroatoms. The van der Waals surface area contributed by atoms with Crippen molar-refractivity contribution in [3.8, 4) is 6.01 Å². The first kappa shape index (κ1) is 18.4. The molecule has 0 unspecified atom stereocenters. The molecule has 136 valence electrons. The third kappa shape index (κ3) is 4.31. The number of carbonyl (C=O) groups excluding carboxylic acids is 2. The SMILES string of the molecule is CCOC(=O)CN1C(=N)N(c2nc(NC(C)C)nc(OC)n2)CC1=O. The molecule has 2 heterocycles. The monoisotopic (exact) mass is 351 g/mol. The van der Waals surface area contributed by atoms with Crippen LogP contribution in [-0.4, -0.2) is 70.5 Å². The first-order valence-electron chi connectivity index (χ1n) is 7.74. The first-order valence-corrected chi connectivity index (χ1v) is 7.74. The summed E-state index contributed by atoms with van der Waals surface area (Å²) in [6, 6.07) is 0.122. The normalized spacial score (nSPS) is 14.3. The highest BCUT2D eigenvalue weighted by molar-refractivity contribution is 6.13. The summed E-state index contributed by atoms with van der Waals surface area (Å²) in [7, 11) is 1.41. The maximum absolute atomic E-state index is 12.1. The predicted octanol–water partition coefficient (Wildman–Crippen LogP) is -0.153. The van der Waals surface area contributed by atoms with Gasteiger partial charge in [-0.15, -0.1) is 0 Å². The highest BCUT2D eigenvalue weighted by Crippen LogP contribution is 2.20. The molecule has 1 fully saturated rings.